The number of amides is 1. The predicted molar refractivity (Wildman–Crippen MR) is 115 cm³/mol. The highest BCUT2D eigenvalue weighted by molar-refractivity contribution is 5.95. The van der Waals surface area contributed by atoms with Crippen molar-refractivity contribution >= 4 is 11.6 Å². The van der Waals surface area contributed by atoms with Crippen molar-refractivity contribution in [3.8, 4) is 23.3 Å². The van der Waals surface area contributed by atoms with Crippen LogP contribution in [0.25, 0.3) is 0 Å². The average molecular weight is 408 g/mol. The van der Waals surface area contributed by atoms with E-state index in [2.05, 4.69) is 11.4 Å². The van der Waals surface area contributed by atoms with Crippen LogP contribution in [0.5, 0.6) is 17.2 Å². The van der Waals surface area contributed by atoms with Gasteiger partial charge in [-0.15, -0.1) is 0 Å². The molecule has 1 aliphatic rings. The molecule has 0 spiro atoms. The lowest BCUT2D eigenvalue weighted by atomic mass is 10.1. The molecular formula is C24H28N2O4. The van der Waals surface area contributed by atoms with Gasteiger partial charge < -0.3 is 19.5 Å². The number of nitriles is 1. The van der Waals surface area contributed by atoms with E-state index >= 15 is 0 Å². The second-order valence-electron chi connectivity index (χ2n) is 7.77. The first kappa shape index (κ1) is 21.5. The highest BCUT2D eigenvalue weighted by Crippen LogP contribution is 2.34. The molecule has 2 aromatic carbocycles. The minimum Gasteiger partial charge on any atom is -0.493 e. The third-order valence-corrected chi connectivity index (χ3v) is 5.15. The number of hydrogen-bond donors (Lipinski definition) is 1. The first-order valence-corrected chi connectivity index (χ1v) is 10.3. The van der Waals surface area contributed by atoms with E-state index < -0.39 is 6.10 Å². The second kappa shape index (κ2) is 10.0. The van der Waals surface area contributed by atoms with Gasteiger partial charge in [0.25, 0.3) is 5.91 Å². The molecule has 1 aliphatic carbocycles. The fourth-order valence-corrected chi connectivity index (χ4v) is 3.54. The lowest BCUT2D eigenvalue weighted by Crippen LogP contribution is -2.37. The van der Waals surface area contributed by atoms with E-state index in [0.29, 0.717) is 28.5 Å². The molecule has 6 nitrogen and oxygen atoms in total. The van der Waals surface area contributed by atoms with E-state index in [9.17, 15) is 10.1 Å². The van der Waals surface area contributed by atoms with Gasteiger partial charge in [0, 0.05) is 11.8 Å². The molecule has 1 unspecified atom stereocenters. The highest BCUT2D eigenvalue weighted by Gasteiger charge is 2.26. The van der Waals surface area contributed by atoms with Crippen molar-refractivity contribution < 1.29 is 19.0 Å². The number of ether oxygens (including phenoxy) is 3. The van der Waals surface area contributed by atoms with E-state index in [4.69, 9.17) is 14.2 Å². The summed E-state index contributed by atoms with van der Waals surface area (Å²) >= 11 is 0. The van der Waals surface area contributed by atoms with Crippen LogP contribution in [0.1, 0.15) is 45.1 Å². The van der Waals surface area contributed by atoms with Crippen molar-refractivity contribution in [2.75, 3.05) is 12.4 Å². The maximum atomic E-state index is 13.0. The molecule has 1 atom stereocenters. The number of hydrogen-bond acceptors (Lipinski definition) is 5. The Labute approximate surface area is 177 Å². The SMILES string of the molecule is COc1ccc(NC(=O)C(Oc2ccccc2C#N)C(C)C)cc1OC1CCCC1. The van der Waals surface area contributed by atoms with E-state index in [0.717, 1.165) is 12.8 Å². The van der Waals surface area contributed by atoms with Gasteiger partial charge in [-0.25, -0.2) is 0 Å². The minimum atomic E-state index is -0.749. The predicted octanol–water partition coefficient (Wildman–Crippen LogP) is 4.93. The Hall–Kier alpha value is -3.20. The molecule has 2 aromatic rings. The maximum absolute atomic E-state index is 13.0. The molecular weight excluding hydrogens is 380 g/mol. The average Bonchev–Trinajstić information content (AvgIpc) is 3.25. The Morgan fingerprint density at radius 2 is 1.83 bits per heavy atom. The van der Waals surface area contributed by atoms with Gasteiger partial charge in [0.1, 0.15) is 11.8 Å². The molecule has 0 bridgehead atoms. The Morgan fingerprint density at radius 3 is 2.50 bits per heavy atom. The first-order chi connectivity index (χ1) is 14.5. The van der Waals surface area contributed by atoms with Gasteiger partial charge in [0.15, 0.2) is 17.6 Å². The van der Waals surface area contributed by atoms with Gasteiger partial charge in [-0.3, -0.25) is 4.79 Å². The molecule has 6 heteroatoms. The van der Waals surface area contributed by atoms with Crippen LogP contribution >= 0.6 is 0 Å². The maximum Gasteiger partial charge on any atom is 0.265 e. The Morgan fingerprint density at radius 1 is 1.10 bits per heavy atom. The number of nitrogens with one attached hydrogen (secondary N) is 1. The topological polar surface area (TPSA) is 80.6 Å². The number of benzene rings is 2. The van der Waals surface area contributed by atoms with Crippen LogP contribution in [0, 0.1) is 17.2 Å². The summed E-state index contributed by atoms with van der Waals surface area (Å²) in [5.41, 5.74) is 1.00. The molecule has 1 saturated carbocycles. The van der Waals surface area contributed by atoms with Gasteiger partial charge in [-0.2, -0.15) is 5.26 Å². The summed E-state index contributed by atoms with van der Waals surface area (Å²) in [5.74, 6) is 1.28. The molecule has 0 aliphatic heterocycles. The molecule has 0 heterocycles. The summed E-state index contributed by atoms with van der Waals surface area (Å²) in [7, 11) is 1.60. The van der Waals surface area contributed by atoms with Gasteiger partial charge in [-0.1, -0.05) is 26.0 Å². The van der Waals surface area contributed by atoms with Crippen molar-refractivity contribution in [3.63, 3.8) is 0 Å². The van der Waals surface area contributed by atoms with E-state index in [1.165, 1.54) is 12.8 Å². The minimum absolute atomic E-state index is 0.0933. The van der Waals surface area contributed by atoms with Crippen molar-refractivity contribution in [2.24, 2.45) is 5.92 Å². The van der Waals surface area contributed by atoms with Gasteiger partial charge in [0.2, 0.25) is 0 Å². The van der Waals surface area contributed by atoms with Crippen molar-refractivity contribution in [1.82, 2.24) is 0 Å². The number of rotatable bonds is 8. The molecule has 158 valence electrons. The third kappa shape index (κ3) is 5.24. The van der Waals surface area contributed by atoms with E-state index in [-0.39, 0.29) is 17.9 Å². The summed E-state index contributed by atoms with van der Waals surface area (Å²) < 4.78 is 17.4. The molecule has 1 N–H and O–H groups in total. The van der Waals surface area contributed by atoms with Crippen molar-refractivity contribution in [2.45, 2.75) is 51.7 Å². The van der Waals surface area contributed by atoms with Crippen molar-refractivity contribution in [3.05, 3.63) is 48.0 Å². The number of carbonyl (C=O) groups is 1. The molecule has 1 amide bonds. The molecule has 0 radical (unpaired) electrons. The number of carbonyl (C=O) groups excluding carboxylic acids is 1. The monoisotopic (exact) mass is 408 g/mol. The largest absolute Gasteiger partial charge is 0.493 e. The summed E-state index contributed by atoms with van der Waals surface area (Å²) in [4.78, 5) is 13.0. The lowest BCUT2D eigenvalue weighted by Gasteiger charge is -2.23. The highest BCUT2D eigenvalue weighted by atomic mass is 16.5. The molecule has 0 aromatic heterocycles. The summed E-state index contributed by atoms with van der Waals surface area (Å²) in [6.07, 6.45) is 3.82. The van der Waals surface area contributed by atoms with Crippen LogP contribution in [0.3, 0.4) is 0 Å². The van der Waals surface area contributed by atoms with Crippen LogP contribution in [0.2, 0.25) is 0 Å². The summed E-state index contributed by atoms with van der Waals surface area (Å²) in [6, 6.07) is 14.4. The number of methoxy groups -OCH3 is 1. The smallest absolute Gasteiger partial charge is 0.265 e. The fourth-order valence-electron chi connectivity index (χ4n) is 3.54. The van der Waals surface area contributed by atoms with Crippen LogP contribution in [-0.4, -0.2) is 25.2 Å². The molecule has 1 fully saturated rings. The third-order valence-electron chi connectivity index (χ3n) is 5.15. The quantitative estimate of drug-likeness (QED) is 0.670. The Kier molecular flexibility index (Phi) is 7.18. The van der Waals surface area contributed by atoms with Crippen LogP contribution in [-0.2, 0) is 4.79 Å². The van der Waals surface area contributed by atoms with Crippen LogP contribution in [0.4, 0.5) is 5.69 Å². The number of para-hydroxylation sites is 1. The standard InChI is InChI=1S/C24H28N2O4/c1-16(2)23(30-20-11-7-4-8-17(20)15-25)24(27)26-18-12-13-21(28-3)22(14-18)29-19-9-5-6-10-19/h4,7-8,11-14,16,19,23H,5-6,9-10H2,1-3H3,(H,26,27). The molecule has 0 saturated heterocycles. The Balaban J connectivity index is 1.76. The van der Waals surface area contributed by atoms with Gasteiger partial charge in [0.05, 0.1) is 18.8 Å². The second-order valence-corrected chi connectivity index (χ2v) is 7.77. The zero-order valence-electron chi connectivity index (χ0n) is 17.7. The number of nitrogens with zero attached hydrogens (tertiary/aromatic N) is 1. The lowest BCUT2D eigenvalue weighted by molar-refractivity contribution is -0.124. The number of anilines is 1. The van der Waals surface area contributed by atoms with Crippen LogP contribution < -0.4 is 19.5 Å². The molecule has 30 heavy (non-hydrogen) atoms. The zero-order valence-corrected chi connectivity index (χ0v) is 17.7. The zero-order chi connectivity index (χ0) is 21.5. The Bertz CT molecular complexity index is 914. The van der Waals surface area contributed by atoms with Crippen molar-refractivity contribution in [1.29, 1.82) is 5.26 Å². The first-order valence-electron chi connectivity index (χ1n) is 10.3. The van der Waals surface area contributed by atoms with Gasteiger partial charge in [-0.05, 0) is 55.9 Å². The van der Waals surface area contributed by atoms with Crippen LogP contribution in [0.15, 0.2) is 42.5 Å². The fraction of sp³-hybridized carbons (Fsp3) is 0.417. The summed E-state index contributed by atoms with van der Waals surface area (Å²) in [5, 5.41) is 12.2. The van der Waals surface area contributed by atoms with E-state index in [1.807, 2.05) is 13.8 Å². The van der Waals surface area contributed by atoms with Gasteiger partial charge >= 0.3 is 0 Å². The normalized spacial score (nSPS) is 14.8. The summed E-state index contributed by atoms with van der Waals surface area (Å²) in [6.45, 7) is 3.81. The molecule has 3 rings (SSSR count). The van der Waals surface area contributed by atoms with E-state index in [1.54, 1.807) is 49.6 Å².